The minimum atomic E-state index is -1.17. The van der Waals surface area contributed by atoms with Gasteiger partial charge in [0.15, 0.2) is 0 Å². The van der Waals surface area contributed by atoms with Gasteiger partial charge in [-0.25, -0.2) is 9.59 Å². The summed E-state index contributed by atoms with van der Waals surface area (Å²) in [6, 6.07) is -1.71. The van der Waals surface area contributed by atoms with Gasteiger partial charge in [0.05, 0.1) is 12.6 Å². The predicted molar refractivity (Wildman–Crippen MR) is 60.8 cm³/mol. The number of carboxylic acid groups (broad SMARTS) is 1. The lowest BCUT2D eigenvalue weighted by atomic mass is 10.2. The zero-order valence-corrected chi connectivity index (χ0v) is 10.0. The molecule has 8 nitrogen and oxygen atoms in total. The largest absolute Gasteiger partial charge is 0.480 e. The lowest BCUT2D eigenvalue weighted by Crippen LogP contribution is -2.48. The highest BCUT2D eigenvalue weighted by Gasteiger charge is 2.38. The number of likely N-dealkylation sites (N-methyl/N-ethyl adjacent to an activating group) is 1. The van der Waals surface area contributed by atoms with Crippen molar-refractivity contribution in [3.63, 3.8) is 0 Å². The Morgan fingerprint density at radius 2 is 2.00 bits per heavy atom. The fraction of sp³-hybridized carbons (Fsp3) is 0.700. The highest BCUT2D eigenvalue weighted by Crippen LogP contribution is 2.17. The monoisotopic (exact) mass is 259 g/mol. The molecule has 0 aromatic heterocycles. The molecule has 1 fully saturated rings. The number of likely N-dealkylation sites (tertiary alicyclic amines) is 1. The van der Waals surface area contributed by atoms with Gasteiger partial charge in [-0.1, -0.05) is 0 Å². The molecule has 0 spiro atoms. The predicted octanol–water partition coefficient (Wildman–Crippen LogP) is -1.65. The molecule has 3 amide bonds. The van der Waals surface area contributed by atoms with Crippen LogP contribution in [0.4, 0.5) is 4.79 Å². The van der Waals surface area contributed by atoms with Crippen molar-refractivity contribution in [3.8, 4) is 0 Å². The molecule has 8 heteroatoms. The summed E-state index contributed by atoms with van der Waals surface area (Å²) in [6.45, 7) is 1.94. The van der Waals surface area contributed by atoms with E-state index in [1.54, 1.807) is 6.92 Å². The maximum Gasteiger partial charge on any atom is 0.326 e. The number of nitrogens with one attached hydrogen (secondary N) is 2. The van der Waals surface area contributed by atoms with E-state index in [1.807, 2.05) is 0 Å². The summed E-state index contributed by atoms with van der Waals surface area (Å²) in [5.41, 5.74) is 0. The minimum absolute atomic E-state index is 0.00388. The average Bonchev–Trinajstić information content (AvgIpc) is 2.69. The molecule has 1 rings (SSSR count). The molecule has 2 atom stereocenters. The molecule has 0 unspecified atom stereocenters. The van der Waals surface area contributed by atoms with Gasteiger partial charge in [-0.2, -0.15) is 0 Å². The van der Waals surface area contributed by atoms with Crippen LogP contribution in [-0.4, -0.2) is 64.8 Å². The molecule has 0 radical (unpaired) electrons. The molecule has 4 N–H and O–H groups in total. The van der Waals surface area contributed by atoms with E-state index in [4.69, 9.17) is 5.11 Å². The lowest BCUT2D eigenvalue weighted by Gasteiger charge is -2.21. The lowest BCUT2D eigenvalue weighted by molar-refractivity contribution is -0.141. The Bertz CT molecular complexity index is 346. The SMILES string of the molecule is CCNC(=O)CNC(=O)N1C[C@H](O)C[C@@H]1C(=O)O. The second-order valence-corrected chi connectivity index (χ2v) is 4.01. The normalized spacial score (nSPS) is 22.7. The highest BCUT2D eigenvalue weighted by molar-refractivity contribution is 5.87. The van der Waals surface area contributed by atoms with Crippen molar-refractivity contribution < 1.29 is 24.6 Å². The molecule has 0 aliphatic carbocycles. The first kappa shape index (κ1) is 14.2. The van der Waals surface area contributed by atoms with Crippen LogP contribution in [0, 0.1) is 0 Å². The van der Waals surface area contributed by atoms with E-state index in [-0.39, 0.29) is 25.4 Å². The minimum Gasteiger partial charge on any atom is -0.480 e. The van der Waals surface area contributed by atoms with Crippen LogP contribution in [0.1, 0.15) is 13.3 Å². The maximum absolute atomic E-state index is 11.7. The van der Waals surface area contributed by atoms with Crippen molar-refractivity contribution in [2.75, 3.05) is 19.6 Å². The number of carbonyl (C=O) groups is 3. The Hall–Kier alpha value is -1.83. The van der Waals surface area contributed by atoms with Gasteiger partial charge < -0.3 is 25.7 Å². The third-order valence-corrected chi connectivity index (χ3v) is 2.60. The molecule has 0 saturated carbocycles. The zero-order chi connectivity index (χ0) is 13.7. The van der Waals surface area contributed by atoms with Gasteiger partial charge in [0.2, 0.25) is 5.91 Å². The van der Waals surface area contributed by atoms with Gasteiger partial charge in [-0.05, 0) is 6.92 Å². The molecular weight excluding hydrogens is 242 g/mol. The summed E-state index contributed by atoms with van der Waals surface area (Å²) in [5, 5.41) is 23.1. The van der Waals surface area contributed by atoms with Crippen LogP contribution >= 0.6 is 0 Å². The first-order chi connectivity index (χ1) is 8.45. The van der Waals surface area contributed by atoms with Gasteiger partial charge in [0.25, 0.3) is 0 Å². The standard InChI is InChI=1S/C10H17N3O5/c1-2-11-8(15)4-12-10(18)13-5-6(14)3-7(13)9(16)17/h6-7,14H,2-5H2,1H3,(H,11,15)(H,12,18)(H,16,17)/t6-,7-/m1/s1. The third-order valence-electron chi connectivity index (χ3n) is 2.60. The second-order valence-electron chi connectivity index (χ2n) is 4.01. The average molecular weight is 259 g/mol. The number of β-amino-alcohol motifs (C(OH)–C–C–N with tert-alkyl or cyclic N) is 1. The van der Waals surface area contributed by atoms with Crippen LogP contribution < -0.4 is 10.6 Å². The number of aliphatic hydroxyl groups excluding tert-OH is 1. The molecule has 1 aliphatic heterocycles. The summed E-state index contributed by atoms with van der Waals surface area (Å²) in [5.74, 6) is -1.52. The zero-order valence-electron chi connectivity index (χ0n) is 10.0. The van der Waals surface area contributed by atoms with Crippen LogP contribution in [0.2, 0.25) is 0 Å². The molecule has 102 valence electrons. The Labute approximate surface area is 104 Å². The Balaban J connectivity index is 2.50. The number of aliphatic carboxylic acids is 1. The third kappa shape index (κ3) is 3.59. The number of carboxylic acids is 1. The molecule has 1 heterocycles. The van der Waals surface area contributed by atoms with Crippen molar-refractivity contribution in [1.29, 1.82) is 0 Å². The number of nitrogens with zero attached hydrogens (tertiary/aromatic N) is 1. The van der Waals surface area contributed by atoms with Crippen molar-refractivity contribution in [1.82, 2.24) is 15.5 Å². The fourth-order valence-corrected chi connectivity index (χ4v) is 1.79. The van der Waals surface area contributed by atoms with Gasteiger partial charge >= 0.3 is 12.0 Å². The highest BCUT2D eigenvalue weighted by atomic mass is 16.4. The summed E-state index contributed by atoms with van der Waals surface area (Å²) in [4.78, 5) is 34.7. The Morgan fingerprint density at radius 1 is 1.33 bits per heavy atom. The Kier molecular flexibility index (Phi) is 4.90. The van der Waals surface area contributed by atoms with E-state index in [9.17, 15) is 19.5 Å². The van der Waals surface area contributed by atoms with Crippen LogP contribution in [0.25, 0.3) is 0 Å². The number of rotatable bonds is 4. The van der Waals surface area contributed by atoms with Gasteiger partial charge in [-0.3, -0.25) is 4.79 Å². The Morgan fingerprint density at radius 3 is 2.56 bits per heavy atom. The molecule has 1 saturated heterocycles. The van der Waals surface area contributed by atoms with E-state index in [1.165, 1.54) is 0 Å². The maximum atomic E-state index is 11.7. The number of amides is 3. The van der Waals surface area contributed by atoms with E-state index in [0.717, 1.165) is 4.90 Å². The smallest absolute Gasteiger partial charge is 0.326 e. The number of hydrogen-bond acceptors (Lipinski definition) is 4. The van der Waals surface area contributed by atoms with Crippen LogP contribution in [-0.2, 0) is 9.59 Å². The van der Waals surface area contributed by atoms with E-state index in [0.29, 0.717) is 6.54 Å². The van der Waals surface area contributed by atoms with Crippen LogP contribution in [0.15, 0.2) is 0 Å². The number of aliphatic hydroxyl groups is 1. The van der Waals surface area contributed by atoms with Crippen molar-refractivity contribution >= 4 is 17.9 Å². The summed E-state index contributed by atoms with van der Waals surface area (Å²) >= 11 is 0. The molecule has 0 aromatic rings. The first-order valence-corrected chi connectivity index (χ1v) is 5.67. The molecule has 0 bridgehead atoms. The molecule has 1 aliphatic rings. The van der Waals surface area contributed by atoms with E-state index >= 15 is 0 Å². The number of urea groups is 1. The summed E-state index contributed by atoms with van der Waals surface area (Å²) < 4.78 is 0. The molecule has 18 heavy (non-hydrogen) atoms. The number of hydrogen-bond donors (Lipinski definition) is 4. The first-order valence-electron chi connectivity index (χ1n) is 5.67. The quantitative estimate of drug-likeness (QED) is 0.482. The molecule has 0 aromatic carbocycles. The summed E-state index contributed by atoms with van der Waals surface area (Å²) in [7, 11) is 0. The van der Waals surface area contributed by atoms with Crippen molar-refractivity contribution in [2.24, 2.45) is 0 Å². The van der Waals surface area contributed by atoms with E-state index < -0.39 is 24.1 Å². The van der Waals surface area contributed by atoms with Gasteiger partial charge in [-0.15, -0.1) is 0 Å². The second kappa shape index (κ2) is 6.20. The van der Waals surface area contributed by atoms with Crippen LogP contribution in [0.3, 0.4) is 0 Å². The summed E-state index contributed by atoms with van der Waals surface area (Å²) in [6.07, 6.45) is -0.842. The van der Waals surface area contributed by atoms with Gasteiger partial charge in [0.1, 0.15) is 6.04 Å². The van der Waals surface area contributed by atoms with Crippen LogP contribution in [0.5, 0.6) is 0 Å². The topological polar surface area (TPSA) is 119 Å². The van der Waals surface area contributed by atoms with Crippen molar-refractivity contribution in [2.45, 2.75) is 25.5 Å². The fourth-order valence-electron chi connectivity index (χ4n) is 1.79. The molecular formula is C10H17N3O5. The van der Waals surface area contributed by atoms with Crippen molar-refractivity contribution in [3.05, 3.63) is 0 Å². The number of carbonyl (C=O) groups excluding carboxylic acids is 2. The van der Waals surface area contributed by atoms with E-state index in [2.05, 4.69) is 10.6 Å². The van der Waals surface area contributed by atoms with Gasteiger partial charge in [0, 0.05) is 19.5 Å².